The van der Waals surface area contributed by atoms with Crippen molar-refractivity contribution in [1.29, 1.82) is 0 Å². The lowest BCUT2D eigenvalue weighted by Crippen LogP contribution is -2.26. The van der Waals surface area contributed by atoms with Gasteiger partial charge in [-0.15, -0.1) is 6.04 Å². The van der Waals surface area contributed by atoms with Gasteiger partial charge in [-0.2, -0.15) is 0 Å². The molecule has 0 aliphatic rings. The number of halogens is 2. The molecule has 0 aliphatic heterocycles. The predicted molar refractivity (Wildman–Crippen MR) is 105 cm³/mol. The molecule has 0 saturated carbocycles. The van der Waals surface area contributed by atoms with Gasteiger partial charge in [0.25, 0.3) is 12.3 Å². The molecule has 8 heteroatoms. The van der Waals surface area contributed by atoms with Crippen molar-refractivity contribution in [3.8, 4) is 5.88 Å². The smallest absolute Gasteiger partial charge is 0.272 e. The minimum atomic E-state index is -2.55. The zero-order valence-corrected chi connectivity index (χ0v) is 16.6. The Morgan fingerprint density at radius 1 is 1.29 bits per heavy atom. The number of rotatable bonds is 7. The van der Waals surface area contributed by atoms with E-state index in [4.69, 9.17) is 10.5 Å². The van der Waals surface area contributed by atoms with Crippen LogP contribution in [0.25, 0.3) is 5.73 Å². The number of amides is 1. The molecule has 2 aromatic heterocycles. The van der Waals surface area contributed by atoms with Crippen LogP contribution in [0.15, 0.2) is 36.8 Å². The lowest BCUT2D eigenvalue weighted by molar-refractivity contribution is 0.0791. The number of carbonyl (C=O) groups is 1. The van der Waals surface area contributed by atoms with E-state index in [-0.39, 0.29) is 23.9 Å². The number of aromatic nitrogens is 2. The van der Waals surface area contributed by atoms with Crippen LogP contribution in [0.1, 0.15) is 54.7 Å². The number of hydrogen-bond acceptors (Lipinski definition) is 4. The Hall–Kier alpha value is -2.61. The Morgan fingerprint density at radius 2 is 1.89 bits per heavy atom. The molecular formula is C20H27F2N4O2-. The van der Waals surface area contributed by atoms with Gasteiger partial charge in [-0.1, -0.05) is 20.3 Å². The summed E-state index contributed by atoms with van der Waals surface area (Å²) in [6.45, 7) is 6.74. The fraction of sp³-hybridized carbons (Fsp3) is 0.450. The molecule has 2 N–H and O–H groups in total. The molecule has 6 nitrogen and oxygen atoms in total. The van der Waals surface area contributed by atoms with E-state index >= 15 is 0 Å². The SMILES string of the molecule is CCC(C)[NH-].Cc1cc(C(C)NC(=O)c2ccncc2)cnc1OCC(F)F. The zero-order valence-electron chi connectivity index (χ0n) is 16.6. The molecule has 2 rings (SSSR count). The van der Waals surface area contributed by atoms with Crippen LogP contribution in [0.4, 0.5) is 8.78 Å². The van der Waals surface area contributed by atoms with Crippen LogP contribution >= 0.6 is 0 Å². The molecule has 0 aliphatic carbocycles. The number of aryl methyl sites for hydroxylation is 1. The van der Waals surface area contributed by atoms with E-state index in [2.05, 4.69) is 15.3 Å². The Kier molecular flexibility index (Phi) is 10.0. The Bertz CT molecular complexity index is 727. The second-order valence-corrected chi connectivity index (χ2v) is 6.33. The minimum absolute atomic E-state index is 0.134. The van der Waals surface area contributed by atoms with Crippen molar-refractivity contribution in [3.63, 3.8) is 0 Å². The summed E-state index contributed by atoms with van der Waals surface area (Å²) in [5, 5.41) is 2.84. The maximum Gasteiger partial charge on any atom is 0.272 e. The summed E-state index contributed by atoms with van der Waals surface area (Å²) in [5.74, 6) is -0.0581. The van der Waals surface area contributed by atoms with Crippen molar-refractivity contribution in [2.45, 2.75) is 52.6 Å². The third-order valence-corrected chi connectivity index (χ3v) is 3.80. The number of ether oxygens (including phenoxy) is 1. The average molecular weight is 393 g/mol. The van der Waals surface area contributed by atoms with Crippen LogP contribution in [-0.2, 0) is 0 Å². The Morgan fingerprint density at radius 3 is 2.39 bits per heavy atom. The average Bonchev–Trinajstić information content (AvgIpc) is 2.67. The molecule has 0 radical (unpaired) electrons. The topological polar surface area (TPSA) is 87.9 Å². The lowest BCUT2D eigenvalue weighted by atomic mass is 10.1. The highest BCUT2D eigenvalue weighted by atomic mass is 19.3. The van der Waals surface area contributed by atoms with Crippen LogP contribution < -0.4 is 10.1 Å². The molecule has 2 unspecified atom stereocenters. The number of alkyl halides is 2. The zero-order chi connectivity index (χ0) is 21.1. The third kappa shape index (κ3) is 8.39. The van der Waals surface area contributed by atoms with Crippen LogP contribution in [0.3, 0.4) is 0 Å². The molecule has 28 heavy (non-hydrogen) atoms. The molecule has 2 aromatic rings. The lowest BCUT2D eigenvalue weighted by Gasteiger charge is -2.16. The first kappa shape index (κ1) is 23.4. The van der Waals surface area contributed by atoms with E-state index in [1.54, 1.807) is 37.5 Å². The first-order valence-electron chi connectivity index (χ1n) is 9.04. The Balaban J connectivity index is 0.000000696. The second-order valence-electron chi connectivity index (χ2n) is 6.33. The van der Waals surface area contributed by atoms with Gasteiger partial charge in [0, 0.05) is 29.7 Å². The van der Waals surface area contributed by atoms with Crippen molar-refractivity contribution in [2.75, 3.05) is 6.61 Å². The van der Waals surface area contributed by atoms with Gasteiger partial charge in [-0.25, -0.2) is 13.8 Å². The van der Waals surface area contributed by atoms with Crippen molar-refractivity contribution in [1.82, 2.24) is 15.3 Å². The van der Waals surface area contributed by atoms with Crippen molar-refractivity contribution in [2.24, 2.45) is 0 Å². The third-order valence-electron chi connectivity index (χ3n) is 3.80. The van der Waals surface area contributed by atoms with Crippen LogP contribution in [0, 0.1) is 6.92 Å². The van der Waals surface area contributed by atoms with E-state index in [0.29, 0.717) is 11.1 Å². The highest BCUT2D eigenvalue weighted by Gasteiger charge is 2.14. The van der Waals surface area contributed by atoms with Crippen LogP contribution in [0.5, 0.6) is 5.88 Å². The Labute approximate surface area is 164 Å². The first-order valence-corrected chi connectivity index (χ1v) is 9.04. The summed E-state index contributed by atoms with van der Waals surface area (Å²) in [5.41, 5.74) is 8.73. The number of carbonyl (C=O) groups excluding carboxylic acids is 1. The van der Waals surface area contributed by atoms with Gasteiger partial charge < -0.3 is 15.8 Å². The van der Waals surface area contributed by atoms with Crippen LogP contribution in [0.2, 0.25) is 0 Å². The molecule has 2 heterocycles. The summed E-state index contributed by atoms with van der Waals surface area (Å²) in [6.07, 6.45) is 3.01. The first-order chi connectivity index (χ1) is 13.2. The van der Waals surface area contributed by atoms with E-state index in [1.165, 1.54) is 6.20 Å². The highest BCUT2D eigenvalue weighted by molar-refractivity contribution is 5.94. The fourth-order valence-electron chi connectivity index (χ4n) is 1.98. The van der Waals surface area contributed by atoms with Crippen molar-refractivity contribution < 1.29 is 18.3 Å². The van der Waals surface area contributed by atoms with Gasteiger partial charge in [0.15, 0.2) is 6.61 Å². The van der Waals surface area contributed by atoms with E-state index in [0.717, 1.165) is 12.0 Å². The molecule has 154 valence electrons. The van der Waals surface area contributed by atoms with Gasteiger partial charge in [-0.05, 0) is 37.6 Å². The standard InChI is InChI=1S/C16H17F2N3O2.C4H10N/c1-10-7-13(8-20-16(10)23-9-14(17)18)11(2)21-15(22)12-3-5-19-6-4-12;1-3-4(2)5/h3-8,11,14H,9H2,1-2H3,(H,21,22);4-5H,3H2,1-2H3/q;-1. The predicted octanol–water partition coefficient (Wildman–Crippen LogP) is 4.76. The maximum absolute atomic E-state index is 12.2. The monoisotopic (exact) mass is 393 g/mol. The normalized spacial score (nSPS) is 12.6. The number of nitrogens with one attached hydrogen (secondary N) is 2. The molecule has 1 amide bonds. The van der Waals surface area contributed by atoms with Gasteiger partial charge in [0.05, 0.1) is 6.04 Å². The van der Waals surface area contributed by atoms with Crippen molar-refractivity contribution in [3.05, 3.63) is 59.2 Å². The quantitative estimate of drug-likeness (QED) is 0.735. The summed E-state index contributed by atoms with van der Waals surface area (Å²) in [6, 6.07) is 4.84. The number of hydrogen-bond donors (Lipinski definition) is 1. The second kappa shape index (κ2) is 12.0. The summed E-state index contributed by atoms with van der Waals surface area (Å²) in [4.78, 5) is 20.0. The van der Waals surface area contributed by atoms with Gasteiger partial charge in [-0.3, -0.25) is 9.78 Å². The molecule has 0 saturated heterocycles. The largest absolute Gasteiger partial charge is 0.675 e. The summed E-state index contributed by atoms with van der Waals surface area (Å²) < 4.78 is 29.2. The molecular weight excluding hydrogens is 366 g/mol. The molecule has 2 atom stereocenters. The summed E-state index contributed by atoms with van der Waals surface area (Å²) in [7, 11) is 0. The van der Waals surface area contributed by atoms with Crippen molar-refractivity contribution >= 4 is 5.91 Å². The molecule has 0 spiro atoms. The van der Waals surface area contributed by atoms with Crippen LogP contribution in [-0.4, -0.2) is 34.9 Å². The molecule has 0 aromatic carbocycles. The fourth-order valence-corrected chi connectivity index (χ4v) is 1.98. The van der Waals surface area contributed by atoms with Gasteiger partial charge >= 0.3 is 0 Å². The van der Waals surface area contributed by atoms with E-state index in [1.807, 2.05) is 20.8 Å². The van der Waals surface area contributed by atoms with Gasteiger partial charge in [0.1, 0.15) is 0 Å². The summed E-state index contributed by atoms with van der Waals surface area (Å²) >= 11 is 0. The number of nitrogens with zero attached hydrogens (tertiary/aromatic N) is 2. The van der Waals surface area contributed by atoms with E-state index in [9.17, 15) is 13.6 Å². The minimum Gasteiger partial charge on any atom is -0.675 e. The molecule has 0 fully saturated rings. The van der Waals surface area contributed by atoms with Gasteiger partial charge in [0.2, 0.25) is 5.88 Å². The number of pyridine rings is 2. The maximum atomic E-state index is 12.2. The molecule has 0 bridgehead atoms. The highest BCUT2D eigenvalue weighted by Crippen LogP contribution is 2.20. The van der Waals surface area contributed by atoms with E-state index < -0.39 is 13.0 Å².